The first-order valence-corrected chi connectivity index (χ1v) is 8.87. The standard InChI is InChI=1S/C17H19BrINO/c1-2-15(20)9-13-10-16(7-8-17(13)18)21-11-12-3-5-14(19)6-4-12/h3-8,10,15H,2,9,11,20H2,1H3. The topological polar surface area (TPSA) is 35.2 Å². The van der Waals surface area contributed by atoms with Crippen LogP contribution in [0.15, 0.2) is 46.9 Å². The highest BCUT2D eigenvalue weighted by molar-refractivity contribution is 14.1. The first-order chi connectivity index (χ1) is 10.1. The molecule has 0 aliphatic carbocycles. The molecule has 0 saturated carbocycles. The molecule has 0 spiro atoms. The van der Waals surface area contributed by atoms with Gasteiger partial charge in [-0.2, -0.15) is 0 Å². The zero-order valence-electron chi connectivity index (χ0n) is 12.0. The second-order valence-corrected chi connectivity index (χ2v) is 7.14. The number of benzene rings is 2. The van der Waals surface area contributed by atoms with E-state index in [1.165, 1.54) is 14.7 Å². The molecule has 0 saturated heterocycles. The van der Waals surface area contributed by atoms with E-state index in [0.717, 1.165) is 23.1 Å². The van der Waals surface area contributed by atoms with Crippen molar-refractivity contribution in [1.29, 1.82) is 0 Å². The average Bonchev–Trinajstić information content (AvgIpc) is 2.49. The van der Waals surface area contributed by atoms with Gasteiger partial charge < -0.3 is 10.5 Å². The molecule has 0 aliphatic rings. The van der Waals surface area contributed by atoms with Crippen molar-refractivity contribution in [3.63, 3.8) is 0 Å². The van der Waals surface area contributed by atoms with Crippen LogP contribution in [0.2, 0.25) is 0 Å². The highest BCUT2D eigenvalue weighted by Gasteiger charge is 2.07. The third-order valence-corrected chi connectivity index (χ3v) is 4.84. The molecule has 1 unspecified atom stereocenters. The van der Waals surface area contributed by atoms with E-state index >= 15 is 0 Å². The summed E-state index contributed by atoms with van der Waals surface area (Å²) in [7, 11) is 0. The summed E-state index contributed by atoms with van der Waals surface area (Å²) in [5, 5.41) is 0. The van der Waals surface area contributed by atoms with Gasteiger partial charge in [-0.05, 0) is 76.9 Å². The molecule has 0 heterocycles. The monoisotopic (exact) mass is 459 g/mol. The van der Waals surface area contributed by atoms with Gasteiger partial charge in [-0.3, -0.25) is 0 Å². The number of ether oxygens (including phenoxy) is 1. The molecule has 1 atom stereocenters. The fourth-order valence-corrected chi connectivity index (χ4v) is 2.74. The van der Waals surface area contributed by atoms with Crippen LogP contribution in [0.1, 0.15) is 24.5 Å². The zero-order chi connectivity index (χ0) is 15.2. The molecular formula is C17H19BrINO. The minimum atomic E-state index is 0.188. The number of nitrogens with two attached hydrogens (primary N) is 1. The molecule has 0 radical (unpaired) electrons. The molecule has 2 N–H and O–H groups in total. The summed E-state index contributed by atoms with van der Waals surface area (Å²) < 4.78 is 8.20. The Hall–Kier alpha value is -0.590. The third-order valence-electron chi connectivity index (χ3n) is 3.34. The molecular weight excluding hydrogens is 441 g/mol. The van der Waals surface area contributed by atoms with Crippen LogP contribution < -0.4 is 10.5 Å². The van der Waals surface area contributed by atoms with E-state index in [2.05, 4.69) is 75.8 Å². The van der Waals surface area contributed by atoms with Crippen molar-refractivity contribution in [1.82, 2.24) is 0 Å². The van der Waals surface area contributed by atoms with Gasteiger partial charge in [0, 0.05) is 14.1 Å². The fourth-order valence-electron chi connectivity index (χ4n) is 1.97. The molecule has 2 rings (SSSR count). The van der Waals surface area contributed by atoms with Crippen molar-refractivity contribution in [2.75, 3.05) is 0 Å². The maximum atomic E-state index is 6.04. The Kier molecular flexibility index (Phi) is 6.51. The van der Waals surface area contributed by atoms with E-state index in [4.69, 9.17) is 10.5 Å². The van der Waals surface area contributed by atoms with E-state index in [9.17, 15) is 0 Å². The number of halogens is 2. The van der Waals surface area contributed by atoms with Gasteiger partial charge >= 0.3 is 0 Å². The lowest BCUT2D eigenvalue weighted by molar-refractivity contribution is 0.306. The van der Waals surface area contributed by atoms with Crippen LogP contribution >= 0.6 is 38.5 Å². The van der Waals surface area contributed by atoms with Gasteiger partial charge in [-0.25, -0.2) is 0 Å². The second-order valence-electron chi connectivity index (χ2n) is 5.04. The van der Waals surface area contributed by atoms with Crippen LogP contribution in [0.3, 0.4) is 0 Å². The Balaban J connectivity index is 2.03. The Morgan fingerprint density at radius 1 is 1.19 bits per heavy atom. The first kappa shape index (κ1) is 16.8. The highest BCUT2D eigenvalue weighted by atomic mass is 127. The number of hydrogen-bond acceptors (Lipinski definition) is 2. The van der Waals surface area contributed by atoms with Crippen LogP contribution in [0.25, 0.3) is 0 Å². The fraction of sp³-hybridized carbons (Fsp3) is 0.294. The predicted octanol–water partition coefficient (Wildman–Crippen LogP) is 4.91. The largest absolute Gasteiger partial charge is 0.489 e. The summed E-state index contributed by atoms with van der Waals surface area (Å²) in [5.41, 5.74) is 8.41. The molecule has 0 bridgehead atoms. The molecule has 2 nitrogen and oxygen atoms in total. The summed E-state index contributed by atoms with van der Waals surface area (Å²) >= 11 is 5.88. The van der Waals surface area contributed by atoms with Crippen molar-refractivity contribution in [2.45, 2.75) is 32.4 Å². The van der Waals surface area contributed by atoms with E-state index in [0.29, 0.717) is 6.61 Å². The maximum absolute atomic E-state index is 6.04. The zero-order valence-corrected chi connectivity index (χ0v) is 15.7. The smallest absolute Gasteiger partial charge is 0.120 e. The summed E-state index contributed by atoms with van der Waals surface area (Å²) in [4.78, 5) is 0. The Labute approximate surface area is 148 Å². The van der Waals surface area contributed by atoms with E-state index in [1.54, 1.807) is 0 Å². The van der Waals surface area contributed by atoms with Gasteiger partial charge in [-0.1, -0.05) is 35.0 Å². The van der Waals surface area contributed by atoms with Crippen LogP contribution in [0.5, 0.6) is 5.75 Å². The van der Waals surface area contributed by atoms with Crippen molar-refractivity contribution >= 4 is 38.5 Å². The minimum absolute atomic E-state index is 0.188. The summed E-state index contributed by atoms with van der Waals surface area (Å²) in [6, 6.07) is 14.6. The Morgan fingerprint density at radius 2 is 1.90 bits per heavy atom. The normalized spacial score (nSPS) is 12.2. The molecule has 2 aromatic carbocycles. The lowest BCUT2D eigenvalue weighted by Gasteiger charge is -2.13. The summed E-state index contributed by atoms with van der Waals surface area (Å²) in [6.07, 6.45) is 1.83. The van der Waals surface area contributed by atoms with Crippen LogP contribution in [-0.2, 0) is 13.0 Å². The molecule has 112 valence electrons. The van der Waals surface area contributed by atoms with Crippen molar-refractivity contribution in [3.05, 3.63) is 61.6 Å². The van der Waals surface area contributed by atoms with E-state index in [-0.39, 0.29) is 6.04 Å². The quantitative estimate of drug-likeness (QED) is 0.622. The number of hydrogen-bond donors (Lipinski definition) is 1. The average molecular weight is 460 g/mol. The van der Waals surface area contributed by atoms with Crippen molar-refractivity contribution in [2.24, 2.45) is 5.73 Å². The van der Waals surface area contributed by atoms with Crippen molar-refractivity contribution < 1.29 is 4.74 Å². The molecule has 21 heavy (non-hydrogen) atoms. The lowest BCUT2D eigenvalue weighted by Crippen LogP contribution is -2.21. The molecule has 2 aromatic rings. The summed E-state index contributed by atoms with van der Waals surface area (Å²) in [6.45, 7) is 2.69. The lowest BCUT2D eigenvalue weighted by atomic mass is 10.0. The van der Waals surface area contributed by atoms with Gasteiger partial charge in [0.25, 0.3) is 0 Å². The van der Waals surface area contributed by atoms with Crippen molar-refractivity contribution in [3.8, 4) is 5.75 Å². The van der Waals surface area contributed by atoms with Gasteiger partial charge in [0.15, 0.2) is 0 Å². The van der Waals surface area contributed by atoms with E-state index in [1.807, 2.05) is 12.1 Å². The number of rotatable bonds is 6. The molecule has 0 fully saturated rings. The highest BCUT2D eigenvalue weighted by Crippen LogP contribution is 2.24. The first-order valence-electron chi connectivity index (χ1n) is 6.99. The van der Waals surface area contributed by atoms with Crippen LogP contribution in [-0.4, -0.2) is 6.04 Å². The van der Waals surface area contributed by atoms with Gasteiger partial charge in [0.05, 0.1) is 0 Å². The molecule has 0 amide bonds. The second kappa shape index (κ2) is 8.15. The minimum Gasteiger partial charge on any atom is -0.489 e. The van der Waals surface area contributed by atoms with Crippen LogP contribution in [0, 0.1) is 3.57 Å². The summed E-state index contributed by atoms with van der Waals surface area (Å²) in [5.74, 6) is 0.884. The van der Waals surface area contributed by atoms with Gasteiger partial charge in [-0.15, -0.1) is 0 Å². The van der Waals surface area contributed by atoms with Gasteiger partial charge in [0.1, 0.15) is 12.4 Å². The SMILES string of the molecule is CCC(N)Cc1cc(OCc2ccc(I)cc2)ccc1Br. The molecule has 0 aromatic heterocycles. The Morgan fingerprint density at radius 3 is 2.57 bits per heavy atom. The van der Waals surface area contributed by atoms with Crippen LogP contribution in [0.4, 0.5) is 0 Å². The van der Waals surface area contributed by atoms with Gasteiger partial charge in [0.2, 0.25) is 0 Å². The Bertz CT molecular complexity index is 586. The third kappa shape index (κ3) is 5.27. The predicted molar refractivity (Wildman–Crippen MR) is 99.6 cm³/mol. The van der Waals surface area contributed by atoms with E-state index < -0.39 is 0 Å². The molecule has 0 aliphatic heterocycles. The maximum Gasteiger partial charge on any atom is 0.120 e. The molecule has 4 heteroatoms.